The van der Waals surface area contributed by atoms with Crippen LogP contribution >= 0.6 is 0 Å². The van der Waals surface area contributed by atoms with Crippen molar-refractivity contribution in [2.24, 2.45) is 0 Å². The number of benzene rings is 2. The molecule has 0 atom stereocenters. The normalized spacial score (nSPS) is 12.1. The Kier molecular flexibility index (Phi) is 5.36. The van der Waals surface area contributed by atoms with Gasteiger partial charge in [0.15, 0.2) is 5.78 Å². The van der Waals surface area contributed by atoms with Gasteiger partial charge in [0.25, 0.3) is 0 Å². The second-order valence-corrected chi connectivity index (χ2v) is 4.82. The van der Waals surface area contributed by atoms with Gasteiger partial charge in [0.05, 0.1) is 0 Å². The van der Waals surface area contributed by atoms with Crippen LogP contribution in [0.2, 0.25) is 0 Å². The van der Waals surface area contributed by atoms with Crippen molar-refractivity contribution in [3.05, 3.63) is 83.6 Å². The van der Waals surface area contributed by atoms with E-state index >= 15 is 0 Å². The van der Waals surface area contributed by atoms with E-state index in [1.54, 1.807) is 36.4 Å². The number of aromatic hydroxyl groups is 2. The van der Waals surface area contributed by atoms with Crippen LogP contribution < -0.4 is 0 Å². The van der Waals surface area contributed by atoms with Crippen LogP contribution in [0.5, 0.6) is 11.5 Å². The van der Waals surface area contributed by atoms with E-state index in [-0.39, 0.29) is 23.0 Å². The highest BCUT2D eigenvalue weighted by molar-refractivity contribution is 6.02. The monoisotopic (exact) mass is 308 g/mol. The lowest BCUT2D eigenvalue weighted by molar-refractivity contribution is -0.110. The third-order valence-electron chi connectivity index (χ3n) is 2.96. The maximum atomic E-state index is 11.7. The van der Waals surface area contributed by atoms with Crippen molar-refractivity contribution in [2.75, 3.05) is 0 Å². The molecular formula is C19H16O4. The molecule has 0 aromatic heterocycles. The number of phenols is 2. The molecular weight excluding hydrogens is 292 g/mol. The van der Waals surface area contributed by atoms with Gasteiger partial charge in [0.1, 0.15) is 17.3 Å². The number of aliphatic hydroxyl groups is 1. The number of rotatable bonds is 5. The second-order valence-electron chi connectivity index (χ2n) is 4.82. The zero-order chi connectivity index (χ0) is 16.7. The second kappa shape index (κ2) is 7.66. The molecule has 4 nitrogen and oxygen atoms in total. The molecule has 23 heavy (non-hydrogen) atoms. The molecule has 0 saturated carbocycles. The van der Waals surface area contributed by atoms with Gasteiger partial charge < -0.3 is 15.3 Å². The number of carbonyl (C=O) groups is 1. The van der Waals surface area contributed by atoms with Crippen LogP contribution in [-0.4, -0.2) is 21.1 Å². The molecule has 2 rings (SSSR count). The Labute approximate surface area is 134 Å². The van der Waals surface area contributed by atoms with Crippen molar-refractivity contribution in [1.82, 2.24) is 0 Å². The Morgan fingerprint density at radius 1 is 0.739 bits per heavy atom. The minimum absolute atomic E-state index is 0.158. The van der Waals surface area contributed by atoms with Gasteiger partial charge in [0, 0.05) is 6.08 Å². The summed E-state index contributed by atoms with van der Waals surface area (Å²) in [5.74, 6) is -0.203. The molecule has 0 aliphatic carbocycles. The third-order valence-corrected chi connectivity index (χ3v) is 2.96. The van der Waals surface area contributed by atoms with Gasteiger partial charge in [-0.25, -0.2) is 0 Å². The van der Waals surface area contributed by atoms with Crippen LogP contribution in [0.1, 0.15) is 11.1 Å². The number of ketones is 1. The average Bonchev–Trinajstić information content (AvgIpc) is 2.54. The first-order valence-corrected chi connectivity index (χ1v) is 6.92. The first-order chi connectivity index (χ1) is 11.0. The molecule has 0 aliphatic heterocycles. The average molecular weight is 308 g/mol. The molecule has 3 N–H and O–H groups in total. The molecule has 0 bridgehead atoms. The fraction of sp³-hybridized carbons (Fsp3) is 0. The van der Waals surface area contributed by atoms with E-state index in [9.17, 15) is 15.0 Å². The van der Waals surface area contributed by atoms with Gasteiger partial charge in [-0.1, -0.05) is 36.4 Å². The minimum atomic E-state index is -0.356. The maximum absolute atomic E-state index is 11.7. The van der Waals surface area contributed by atoms with Crippen molar-refractivity contribution in [3.63, 3.8) is 0 Å². The largest absolute Gasteiger partial charge is 0.508 e. The third kappa shape index (κ3) is 5.55. The van der Waals surface area contributed by atoms with Crippen LogP contribution in [0, 0.1) is 0 Å². The molecule has 4 heteroatoms. The first kappa shape index (κ1) is 16.1. The van der Waals surface area contributed by atoms with Gasteiger partial charge in [-0.15, -0.1) is 0 Å². The molecule has 2 aromatic rings. The predicted octanol–water partition coefficient (Wildman–Crippen LogP) is 3.84. The van der Waals surface area contributed by atoms with Crippen molar-refractivity contribution < 1.29 is 20.1 Å². The van der Waals surface area contributed by atoms with Crippen molar-refractivity contribution in [1.29, 1.82) is 0 Å². The van der Waals surface area contributed by atoms with Gasteiger partial charge in [0.2, 0.25) is 0 Å². The maximum Gasteiger partial charge on any atom is 0.182 e. The van der Waals surface area contributed by atoms with Crippen LogP contribution in [0.4, 0.5) is 0 Å². The fourth-order valence-corrected chi connectivity index (χ4v) is 1.77. The van der Waals surface area contributed by atoms with E-state index in [1.807, 2.05) is 0 Å². The highest BCUT2D eigenvalue weighted by Crippen LogP contribution is 2.12. The number of hydrogen-bond acceptors (Lipinski definition) is 4. The lowest BCUT2D eigenvalue weighted by atomic mass is 10.1. The number of phenolic OH excluding ortho intramolecular Hbond substituents is 2. The van der Waals surface area contributed by atoms with Crippen molar-refractivity contribution in [3.8, 4) is 11.5 Å². The zero-order valence-electron chi connectivity index (χ0n) is 12.3. The molecule has 0 radical (unpaired) electrons. The topological polar surface area (TPSA) is 77.8 Å². The number of carbonyl (C=O) groups excluding carboxylic acids is 1. The molecule has 0 saturated heterocycles. The summed E-state index contributed by atoms with van der Waals surface area (Å²) < 4.78 is 0. The standard InChI is InChI=1S/C19H16O4/c20-16-7-1-14(2-8-16)5-11-18(22)13-19(23)12-6-15-3-9-17(21)10-4-15/h1-13,20-22H/b11-5+,12-6+,18-13?. The van der Waals surface area contributed by atoms with E-state index in [0.29, 0.717) is 0 Å². The molecule has 0 aliphatic rings. The number of hydrogen-bond donors (Lipinski definition) is 3. The summed E-state index contributed by atoms with van der Waals surface area (Å²) in [6, 6.07) is 12.8. The molecule has 0 spiro atoms. The van der Waals surface area contributed by atoms with Gasteiger partial charge in [-0.3, -0.25) is 4.79 Å². The first-order valence-electron chi connectivity index (χ1n) is 6.92. The Balaban J connectivity index is 1.98. The molecule has 0 unspecified atom stereocenters. The Morgan fingerprint density at radius 2 is 1.17 bits per heavy atom. The van der Waals surface area contributed by atoms with E-state index in [0.717, 1.165) is 17.2 Å². The summed E-state index contributed by atoms with van der Waals surface area (Å²) in [6.45, 7) is 0. The lowest BCUT2D eigenvalue weighted by Gasteiger charge is -1.95. The van der Waals surface area contributed by atoms with E-state index in [4.69, 9.17) is 5.11 Å². The number of allylic oxidation sites excluding steroid dienone is 3. The highest BCUT2D eigenvalue weighted by Gasteiger charge is 1.95. The Bertz CT molecular complexity index is 751. The number of aliphatic hydroxyl groups excluding tert-OH is 1. The van der Waals surface area contributed by atoms with Crippen LogP contribution in [0.3, 0.4) is 0 Å². The minimum Gasteiger partial charge on any atom is -0.508 e. The summed E-state index contributed by atoms with van der Waals surface area (Å²) in [7, 11) is 0. The van der Waals surface area contributed by atoms with E-state index < -0.39 is 0 Å². The summed E-state index contributed by atoms with van der Waals surface area (Å²) in [6.07, 6.45) is 7.06. The van der Waals surface area contributed by atoms with Gasteiger partial charge in [-0.2, -0.15) is 0 Å². The van der Waals surface area contributed by atoms with Crippen molar-refractivity contribution >= 4 is 17.9 Å². The zero-order valence-corrected chi connectivity index (χ0v) is 12.3. The smallest absolute Gasteiger partial charge is 0.182 e. The Hall–Kier alpha value is -3.27. The summed E-state index contributed by atoms with van der Waals surface area (Å²) in [4.78, 5) is 11.7. The van der Waals surface area contributed by atoms with E-state index in [2.05, 4.69) is 0 Å². The van der Waals surface area contributed by atoms with E-state index in [1.165, 1.54) is 36.4 Å². The van der Waals surface area contributed by atoms with Crippen LogP contribution in [0.25, 0.3) is 12.2 Å². The van der Waals surface area contributed by atoms with Gasteiger partial charge in [-0.05, 0) is 47.5 Å². The summed E-state index contributed by atoms with van der Waals surface area (Å²) in [5, 5.41) is 28.0. The van der Waals surface area contributed by atoms with Gasteiger partial charge >= 0.3 is 0 Å². The molecule has 116 valence electrons. The highest BCUT2D eigenvalue weighted by atomic mass is 16.3. The van der Waals surface area contributed by atoms with Crippen molar-refractivity contribution in [2.45, 2.75) is 0 Å². The summed E-state index contributed by atoms with van der Waals surface area (Å²) in [5.41, 5.74) is 1.55. The SMILES string of the molecule is O=C(C=C(O)/C=C/c1ccc(O)cc1)/C=C/c1ccc(O)cc1. The molecule has 2 aromatic carbocycles. The summed E-state index contributed by atoms with van der Waals surface area (Å²) >= 11 is 0. The molecule has 0 amide bonds. The lowest BCUT2D eigenvalue weighted by Crippen LogP contribution is -1.88. The Morgan fingerprint density at radius 3 is 1.65 bits per heavy atom. The van der Waals surface area contributed by atoms with Crippen LogP contribution in [-0.2, 0) is 4.79 Å². The fourth-order valence-electron chi connectivity index (χ4n) is 1.77. The molecule has 0 fully saturated rings. The van der Waals surface area contributed by atoms with Crippen LogP contribution in [0.15, 0.2) is 72.5 Å². The predicted molar refractivity (Wildman–Crippen MR) is 90.0 cm³/mol. The molecule has 0 heterocycles. The quantitative estimate of drug-likeness (QED) is 0.445.